The van der Waals surface area contributed by atoms with Crippen LogP contribution in [-0.2, 0) is 14.3 Å². The van der Waals surface area contributed by atoms with E-state index in [0.29, 0.717) is 17.1 Å². The van der Waals surface area contributed by atoms with Crippen molar-refractivity contribution >= 4 is 28.2 Å². The maximum Gasteiger partial charge on any atom is 0.340 e. The predicted octanol–water partition coefficient (Wildman–Crippen LogP) is 1.83. The monoisotopic (exact) mass is 389 g/mol. The lowest BCUT2D eigenvalue weighted by Crippen LogP contribution is -3.16. The van der Waals surface area contributed by atoms with Crippen LogP contribution in [0.25, 0.3) is 10.4 Å². The number of rotatable bonds is 5. The fourth-order valence-corrected chi connectivity index (χ4v) is 4.49. The van der Waals surface area contributed by atoms with Crippen molar-refractivity contribution in [3.63, 3.8) is 0 Å². The maximum absolute atomic E-state index is 12.6. The largest absolute Gasteiger partial charge is 0.465 e. The minimum Gasteiger partial charge on any atom is -0.465 e. The van der Waals surface area contributed by atoms with Gasteiger partial charge in [-0.1, -0.05) is 30.3 Å². The molecule has 0 spiro atoms. The third-order valence-electron chi connectivity index (χ3n) is 4.48. The lowest BCUT2D eigenvalue weighted by atomic mass is 10.1. The van der Waals surface area contributed by atoms with Crippen LogP contribution in [0.1, 0.15) is 24.2 Å². The molecule has 0 aliphatic carbocycles. The van der Waals surface area contributed by atoms with Crippen LogP contribution in [-0.4, -0.2) is 50.8 Å². The van der Waals surface area contributed by atoms with Gasteiger partial charge in [-0.15, -0.1) is 11.3 Å². The Balaban J connectivity index is 1.75. The molecule has 1 unspecified atom stereocenters. The summed E-state index contributed by atoms with van der Waals surface area (Å²) < 4.78 is 10.6. The Bertz CT molecular complexity index is 796. The number of carbonyl (C=O) groups is 2. The molecule has 3 rings (SSSR count). The number of ether oxygens (including phenoxy) is 2. The summed E-state index contributed by atoms with van der Waals surface area (Å²) in [5.74, 6) is -0.567. The molecule has 2 N–H and O–H groups in total. The van der Waals surface area contributed by atoms with Crippen molar-refractivity contribution in [3.8, 4) is 10.4 Å². The van der Waals surface area contributed by atoms with Gasteiger partial charge in [-0.2, -0.15) is 0 Å². The molecule has 0 saturated carbocycles. The van der Waals surface area contributed by atoms with E-state index in [9.17, 15) is 9.59 Å². The minimum absolute atomic E-state index is 0.113. The van der Waals surface area contributed by atoms with Crippen LogP contribution < -0.4 is 10.2 Å². The fraction of sp³-hybridized carbons (Fsp3) is 0.400. The second-order valence-electron chi connectivity index (χ2n) is 6.85. The Kier molecular flexibility index (Phi) is 6.26. The molecule has 144 valence electrons. The van der Waals surface area contributed by atoms with Crippen LogP contribution in [0.3, 0.4) is 0 Å². The molecule has 6 nitrogen and oxygen atoms in total. The lowest BCUT2D eigenvalue weighted by Gasteiger charge is -2.31. The zero-order valence-corrected chi connectivity index (χ0v) is 16.6. The topological polar surface area (TPSA) is 69.1 Å². The molecule has 27 heavy (non-hydrogen) atoms. The quantitative estimate of drug-likeness (QED) is 0.766. The summed E-state index contributed by atoms with van der Waals surface area (Å²) in [5, 5.41) is 3.44. The van der Waals surface area contributed by atoms with Crippen LogP contribution >= 0.6 is 11.3 Å². The Labute approximate surface area is 163 Å². The third-order valence-corrected chi connectivity index (χ3v) is 5.58. The van der Waals surface area contributed by atoms with Crippen molar-refractivity contribution < 1.29 is 24.0 Å². The van der Waals surface area contributed by atoms with Gasteiger partial charge < -0.3 is 19.7 Å². The van der Waals surface area contributed by atoms with Gasteiger partial charge in [0.2, 0.25) is 0 Å². The molecule has 1 fully saturated rings. The molecule has 0 bridgehead atoms. The molecule has 1 amide bonds. The highest BCUT2D eigenvalue weighted by Crippen LogP contribution is 2.35. The van der Waals surface area contributed by atoms with Crippen LogP contribution in [0.15, 0.2) is 36.4 Å². The van der Waals surface area contributed by atoms with Crippen molar-refractivity contribution in [2.75, 3.05) is 32.1 Å². The highest BCUT2D eigenvalue weighted by molar-refractivity contribution is 7.20. The summed E-state index contributed by atoms with van der Waals surface area (Å²) in [6.45, 7) is 5.97. The molecule has 3 atom stereocenters. The molecule has 0 radical (unpaired) electrons. The van der Waals surface area contributed by atoms with E-state index in [1.165, 1.54) is 23.3 Å². The summed E-state index contributed by atoms with van der Waals surface area (Å²) in [6, 6.07) is 11.5. The zero-order chi connectivity index (χ0) is 19.4. The van der Waals surface area contributed by atoms with E-state index in [1.807, 2.05) is 44.2 Å². The predicted molar refractivity (Wildman–Crippen MR) is 105 cm³/mol. The van der Waals surface area contributed by atoms with Gasteiger partial charge in [0.25, 0.3) is 5.91 Å². The molecule has 1 aromatic carbocycles. The molecule has 1 saturated heterocycles. The van der Waals surface area contributed by atoms with Crippen LogP contribution in [0.4, 0.5) is 5.00 Å². The van der Waals surface area contributed by atoms with Gasteiger partial charge in [-0.25, -0.2) is 4.79 Å². The molecule has 7 heteroatoms. The number of hydrogen-bond acceptors (Lipinski definition) is 5. The van der Waals surface area contributed by atoms with E-state index in [0.717, 1.165) is 23.5 Å². The van der Waals surface area contributed by atoms with E-state index < -0.39 is 5.97 Å². The number of hydrogen-bond donors (Lipinski definition) is 2. The van der Waals surface area contributed by atoms with Crippen molar-refractivity contribution in [2.45, 2.75) is 26.1 Å². The van der Waals surface area contributed by atoms with Gasteiger partial charge in [0.1, 0.15) is 30.3 Å². The second-order valence-corrected chi connectivity index (χ2v) is 7.90. The van der Waals surface area contributed by atoms with Crippen molar-refractivity contribution in [1.29, 1.82) is 0 Å². The van der Waals surface area contributed by atoms with E-state index in [4.69, 9.17) is 9.47 Å². The van der Waals surface area contributed by atoms with Crippen molar-refractivity contribution in [1.82, 2.24) is 0 Å². The average molecular weight is 389 g/mol. The summed E-state index contributed by atoms with van der Waals surface area (Å²) in [7, 11) is 1.34. The fourth-order valence-electron chi connectivity index (χ4n) is 3.42. The molecular formula is C20H25N2O4S+. The van der Waals surface area contributed by atoms with Gasteiger partial charge in [-0.05, 0) is 25.5 Å². The smallest absolute Gasteiger partial charge is 0.340 e. The Morgan fingerprint density at radius 2 is 1.89 bits per heavy atom. The molecular weight excluding hydrogens is 364 g/mol. The number of nitrogens with one attached hydrogen (secondary N) is 2. The summed E-state index contributed by atoms with van der Waals surface area (Å²) in [5.41, 5.74) is 1.38. The first kappa shape index (κ1) is 19.5. The van der Waals surface area contributed by atoms with E-state index >= 15 is 0 Å². The van der Waals surface area contributed by atoms with E-state index in [-0.39, 0.29) is 18.1 Å². The lowest BCUT2D eigenvalue weighted by molar-refractivity contribution is -0.907. The van der Waals surface area contributed by atoms with Gasteiger partial charge in [0.05, 0.1) is 12.7 Å². The number of methoxy groups -OCH3 is 1. The number of benzene rings is 1. The first-order valence-electron chi connectivity index (χ1n) is 9.02. The molecule has 1 aromatic heterocycles. The van der Waals surface area contributed by atoms with Crippen LogP contribution in [0, 0.1) is 0 Å². The first-order chi connectivity index (χ1) is 13.0. The summed E-state index contributed by atoms with van der Waals surface area (Å²) in [6.07, 6.45) is 0.266. The number of esters is 1. The average Bonchev–Trinajstić information content (AvgIpc) is 3.04. The Morgan fingerprint density at radius 1 is 1.22 bits per heavy atom. The van der Waals surface area contributed by atoms with Gasteiger partial charge in [0, 0.05) is 4.88 Å². The number of morpholine rings is 1. The first-order valence-corrected chi connectivity index (χ1v) is 9.84. The second kappa shape index (κ2) is 8.65. The third kappa shape index (κ3) is 4.94. The molecule has 2 heterocycles. The van der Waals surface area contributed by atoms with E-state index in [1.54, 1.807) is 6.07 Å². The van der Waals surface area contributed by atoms with Gasteiger partial charge in [-0.3, -0.25) is 4.79 Å². The van der Waals surface area contributed by atoms with Gasteiger partial charge >= 0.3 is 5.97 Å². The van der Waals surface area contributed by atoms with Crippen LogP contribution in [0.5, 0.6) is 0 Å². The summed E-state index contributed by atoms with van der Waals surface area (Å²) >= 11 is 1.38. The highest BCUT2D eigenvalue weighted by Gasteiger charge is 2.28. The Hall–Kier alpha value is -2.22. The molecule has 1 aliphatic rings. The molecule has 1 aliphatic heterocycles. The SMILES string of the molecule is COC(=O)c1cc(-c2ccccc2)sc1NC(=O)C[NH+]1C[C@@H](C)O[C@@H](C)C1. The maximum atomic E-state index is 12.6. The van der Waals surface area contributed by atoms with Crippen molar-refractivity contribution in [2.24, 2.45) is 0 Å². The number of amides is 1. The van der Waals surface area contributed by atoms with Crippen molar-refractivity contribution in [3.05, 3.63) is 42.0 Å². The number of carbonyl (C=O) groups excluding carboxylic acids is 2. The Morgan fingerprint density at radius 3 is 2.52 bits per heavy atom. The number of quaternary nitrogens is 1. The normalized spacial score (nSPS) is 22.3. The minimum atomic E-state index is -0.454. The highest BCUT2D eigenvalue weighted by atomic mass is 32.1. The standard InChI is InChI=1S/C20H24N2O4S/c1-13-10-22(11-14(2)26-13)12-18(23)21-19-16(20(24)25-3)9-17(27-19)15-7-5-4-6-8-15/h4-9,13-14H,10-12H2,1-3H3,(H,21,23)/p+1/t13-,14+. The van der Waals surface area contributed by atoms with Gasteiger partial charge in [0.15, 0.2) is 6.54 Å². The number of anilines is 1. The number of thiophene rings is 1. The van der Waals surface area contributed by atoms with Crippen LogP contribution in [0.2, 0.25) is 0 Å². The summed E-state index contributed by atoms with van der Waals surface area (Å²) in [4.78, 5) is 26.8. The van der Waals surface area contributed by atoms with E-state index in [2.05, 4.69) is 5.32 Å². The molecule has 2 aromatic rings. The zero-order valence-electron chi connectivity index (χ0n) is 15.8.